The Balaban J connectivity index is 2.09. The highest BCUT2D eigenvalue weighted by Gasteiger charge is 2.14. The molecule has 0 heterocycles. The smallest absolute Gasteiger partial charge is 0.306 e. The number of hydrogen-bond donors (Lipinski definition) is 1. The van der Waals surface area contributed by atoms with Crippen molar-refractivity contribution in [3.63, 3.8) is 0 Å². The molecule has 0 radical (unpaired) electrons. The van der Waals surface area contributed by atoms with Crippen molar-refractivity contribution in [1.29, 1.82) is 0 Å². The van der Waals surface area contributed by atoms with Crippen molar-refractivity contribution < 1.29 is 23.2 Å². The lowest BCUT2D eigenvalue weighted by molar-refractivity contribution is -0.387. The molecule has 0 aromatic heterocycles. The van der Waals surface area contributed by atoms with Gasteiger partial charge in [-0.15, -0.1) is 0 Å². The number of benzene rings is 2. The van der Waals surface area contributed by atoms with Crippen molar-refractivity contribution in [3.05, 3.63) is 69.8 Å². The van der Waals surface area contributed by atoms with Crippen molar-refractivity contribution >= 4 is 23.4 Å². The Hall–Kier alpha value is -3.29. The van der Waals surface area contributed by atoms with Gasteiger partial charge in [-0.2, -0.15) is 4.39 Å². The molecule has 0 aliphatic heterocycles. The third kappa shape index (κ3) is 4.13. The first-order valence-electron chi connectivity index (χ1n) is 6.67. The first-order chi connectivity index (χ1) is 11.4. The van der Waals surface area contributed by atoms with Gasteiger partial charge in [-0.3, -0.25) is 14.9 Å². The van der Waals surface area contributed by atoms with Gasteiger partial charge in [0.25, 0.3) is 0 Å². The molecule has 0 atom stereocenters. The number of nitro groups is 1. The van der Waals surface area contributed by atoms with Crippen molar-refractivity contribution in [3.8, 4) is 5.75 Å². The topological polar surface area (TPSA) is 81.5 Å². The molecule has 8 heteroatoms. The molecule has 0 bridgehead atoms. The average Bonchev–Trinajstić information content (AvgIpc) is 2.54. The molecule has 2 rings (SSSR count). The summed E-state index contributed by atoms with van der Waals surface area (Å²) in [4.78, 5) is 21.5. The normalized spacial score (nSPS) is 10.6. The second-order valence-corrected chi connectivity index (χ2v) is 4.64. The van der Waals surface area contributed by atoms with Crippen LogP contribution in [0.5, 0.6) is 5.75 Å². The van der Waals surface area contributed by atoms with E-state index in [1.165, 1.54) is 31.4 Å². The first kappa shape index (κ1) is 17.1. The maximum Gasteiger partial charge on any atom is 0.306 e. The minimum atomic E-state index is -0.998. The molecular formula is C16H12F2N2O4. The molecule has 1 N–H and O–H groups in total. The van der Waals surface area contributed by atoms with Crippen LogP contribution < -0.4 is 10.1 Å². The van der Waals surface area contributed by atoms with Crippen LogP contribution in [0.2, 0.25) is 0 Å². The maximum absolute atomic E-state index is 13.5. The average molecular weight is 334 g/mol. The summed E-state index contributed by atoms with van der Waals surface area (Å²) in [5, 5.41) is 13.0. The van der Waals surface area contributed by atoms with Crippen molar-refractivity contribution in [2.45, 2.75) is 0 Å². The van der Waals surface area contributed by atoms with Gasteiger partial charge in [0.15, 0.2) is 11.6 Å². The van der Waals surface area contributed by atoms with E-state index in [1.54, 1.807) is 6.07 Å². The van der Waals surface area contributed by atoms with E-state index in [4.69, 9.17) is 4.74 Å². The van der Waals surface area contributed by atoms with Gasteiger partial charge in [0.1, 0.15) is 0 Å². The molecule has 0 spiro atoms. The van der Waals surface area contributed by atoms with Crippen LogP contribution in [0.15, 0.2) is 42.5 Å². The van der Waals surface area contributed by atoms with Crippen LogP contribution in [0, 0.1) is 21.7 Å². The summed E-state index contributed by atoms with van der Waals surface area (Å²) in [7, 11) is 1.34. The number of nitro benzene ring substituents is 1. The van der Waals surface area contributed by atoms with E-state index in [0.29, 0.717) is 5.56 Å². The van der Waals surface area contributed by atoms with Crippen LogP contribution >= 0.6 is 0 Å². The highest BCUT2D eigenvalue weighted by atomic mass is 19.1. The Bertz CT molecular complexity index is 822. The van der Waals surface area contributed by atoms with E-state index in [1.807, 2.05) is 0 Å². The van der Waals surface area contributed by atoms with Crippen LogP contribution in [0.4, 0.5) is 20.2 Å². The number of hydrogen-bond acceptors (Lipinski definition) is 4. The molecule has 0 aliphatic carbocycles. The van der Waals surface area contributed by atoms with Gasteiger partial charge in [0.2, 0.25) is 11.7 Å². The SMILES string of the molecule is COc1ccc(/C=C/C(=O)Nc2ccc(F)c([N+](=O)[O-])c2)cc1F. The number of methoxy groups -OCH3 is 1. The number of amides is 1. The Kier molecular flexibility index (Phi) is 5.20. The Morgan fingerprint density at radius 2 is 1.96 bits per heavy atom. The summed E-state index contributed by atoms with van der Waals surface area (Å²) in [5.74, 6) is -2.10. The van der Waals surface area contributed by atoms with E-state index in [9.17, 15) is 23.7 Å². The number of rotatable bonds is 5. The number of nitrogens with one attached hydrogen (secondary N) is 1. The predicted molar refractivity (Wildman–Crippen MR) is 83.7 cm³/mol. The molecule has 124 valence electrons. The van der Waals surface area contributed by atoms with Crippen molar-refractivity contribution in [1.82, 2.24) is 0 Å². The van der Waals surface area contributed by atoms with Gasteiger partial charge >= 0.3 is 5.69 Å². The molecule has 0 saturated carbocycles. The quantitative estimate of drug-likeness (QED) is 0.515. The molecular weight excluding hydrogens is 322 g/mol. The van der Waals surface area contributed by atoms with Gasteiger partial charge in [0, 0.05) is 17.8 Å². The third-order valence-corrected chi connectivity index (χ3v) is 3.01. The fourth-order valence-corrected chi connectivity index (χ4v) is 1.87. The largest absolute Gasteiger partial charge is 0.494 e. The number of ether oxygens (including phenoxy) is 1. The third-order valence-electron chi connectivity index (χ3n) is 3.01. The van der Waals surface area contributed by atoms with Crippen LogP contribution in [0.3, 0.4) is 0 Å². The Morgan fingerprint density at radius 3 is 2.58 bits per heavy atom. The molecule has 1 amide bonds. The molecule has 0 saturated heterocycles. The summed E-state index contributed by atoms with van der Waals surface area (Å²) < 4.78 is 31.5. The molecule has 24 heavy (non-hydrogen) atoms. The summed E-state index contributed by atoms with van der Waals surface area (Å²) in [6.45, 7) is 0. The lowest BCUT2D eigenvalue weighted by atomic mass is 10.2. The summed E-state index contributed by atoms with van der Waals surface area (Å²) in [6.07, 6.45) is 2.48. The zero-order chi connectivity index (χ0) is 17.7. The van der Waals surface area contributed by atoms with Gasteiger partial charge in [0.05, 0.1) is 12.0 Å². The molecule has 0 aliphatic rings. The van der Waals surface area contributed by atoms with E-state index < -0.39 is 28.2 Å². The standard InChI is InChI=1S/C16H12F2N2O4/c1-24-15-6-2-10(8-13(15)18)3-7-16(21)19-11-4-5-12(17)14(9-11)20(22)23/h2-9H,1H3,(H,19,21)/b7-3+. The minimum absolute atomic E-state index is 0.0682. The predicted octanol–water partition coefficient (Wildman–Crippen LogP) is 3.53. The van der Waals surface area contributed by atoms with Gasteiger partial charge in [-0.1, -0.05) is 6.07 Å². The van der Waals surface area contributed by atoms with Crippen LogP contribution in [-0.2, 0) is 4.79 Å². The van der Waals surface area contributed by atoms with Crippen LogP contribution in [0.25, 0.3) is 6.08 Å². The van der Waals surface area contributed by atoms with Crippen molar-refractivity contribution in [2.75, 3.05) is 12.4 Å². The molecule has 2 aromatic rings. The van der Waals surface area contributed by atoms with E-state index in [-0.39, 0.29) is 11.4 Å². The second kappa shape index (κ2) is 7.32. The fraction of sp³-hybridized carbons (Fsp3) is 0.0625. The van der Waals surface area contributed by atoms with E-state index >= 15 is 0 Å². The van der Waals surface area contributed by atoms with Crippen molar-refractivity contribution in [2.24, 2.45) is 0 Å². The van der Waals surface area contributed by atoms with Gasteiger partial charge in [-0.25, -0.2) is 4.39 Å². The van der Waals surface area contributed by atoms with Gasteiger partial charge < -0.3 is 10.1 Å². The van der Waals surface area contributed by atoms with E-state index in [0.717, 1.165) is 18.2 Å². The number of carbonyl (C=O) groups excluding carboxylic acids is 1. The van der Waals surface area contributed by atoms with Gasteiger partial charge in [-0.05, 0) is 35.9 Å². The Morgan fingerprint density at radius 1 is 1.21 bits per heavy atom. The second-order valence-electron chi connectivity index (χ2n) is 4.64. The number of halogens is 2. The minimum Gasteiger partial charge on any atom is -0.494 e. The molecule has 2 aromatic carbocycles. The zero-order valence-corrected chi connectivity index (χ0v) is 12.5. The van der Waals surface area contributed by atoms with Crippen LogP contribution in [-0.4, -0.2) is 17.9 Å². The van der Waals surface area contributed by atoms with E-state index in [2.05, 4.69) is 5.32 Å². The number of carbonyl (C=O) groups is 1. The molecule has 6 nitrogen and oxygen atoms in total. The van der Waals surface area contributed by atoms with Crippen LogP contribution in [0.1, 0.15) is 5.56 Å². The Labute approximate surface area is 135 Å². The summed E-state index contributed by atoms with van der Waals surface area (Å²) in [5.41, 5.74) is -0.249. The first-order valence-corrected chi connectivity index (χ1v) is 6.67. The number of nitrogens with zero attached hydrogens (tertiary/aromatic N) is 1. The summed E-state index contributed by atoms with van der Waals surface area (Å²) >= 11 is 0. The zero-order valence-electron chi connectivity index (χ0n) is 12.5. The maximum atomic E-state index is 13.5. The lowest BCUT2D eigenvalue weighted by Crippen LogP contribution is -2.08. The lowest BCUT2D eigenvalue weighted by Gasteiger charge is -2.03. The molecule has 0 unspecified atom stereocenters. The number of anilines is 1. The fourth-order valence-electron chi connectivity index (χ4n) is 1.87. The monoisotopic (exact) mass is 334 g/mol. The highest BCUT2D eigenvalue weighted by molar-refractivity contribution is 6.02. The highest BCUT2D eigenvalue weighted by Crippen LogP contribution is 2.22. The summed E-state index contributed by atoms with van der Waals surface area (Å²) in [6, 6.07) is 7.14. The molecule has 0 fully saturated rings.